The largest absolute Gasteiger partial charge is 0.456 e. The van der Waals surface area contributed by atoms with Crippen LogP contribution in [0.25, 0.3) is 60.7 Å². The number of benzene rings is 7. The zero-order chi connectivity index (χ0) is 43.8. The van der Waals surface area contributed by atoms with Gasteiger partial charge in [0.1, 0.15) is 11.2 Å². The lowest BCUT2D eigenvalue weighted by atomic mass is 9.78. The average Bonchev–Trinajstić information content (AvgIpc) is 3.83. The summed E-state index contributed by atoms with van der Waals surface area (Å²) in [4.78, 5) is 6.08. The maximum atomic E-state index is 6.29. The highest BCUT2D eigenvalue weighted by atomic mass is 16.3. The molecule has 0 spiro atoms. The quantitative estimate of drug-likeness (QED) is 0.140. The number of aliphatic imine (C=N–C) groups is 1. The van der Waals surface area contributed by atoms with Crippen molar-refractivity contribution in [3.63, 3.8) is 0 Å². The number of allylic oxidation sites excluding steroid dienone is 5. The molecule has 3 aliphatic rings. The van der Waals surface area contributed by atoms with Crippen LogP contribution in [0.5, 0.6) is 0 Å². The van der Waals surface area contributed by atoms with Crippen molar-refractivity contribution < 1.29 is 4.42 Å². The lowest BCUT2D eigenvalue weighted by molar-refractivity contribution is 0.457. The first-order valence-electron chi connectivity index (χ1n) is 23.9. The molecule has 0 amide bonds. The van der Waals surface area contributed by atoms with E-state index >= 15 is 0 Å². The molecule has 3 heterocycles. The van der Waals surface area contributed by atoms with E-state index in [1.165, 1.54) is 77.4 Å². The fourth-order valence-corrected chi connectivity index (χ4v) is 12.3. The maximum absolute atomic E-state index is 6.29. The molecule has 3 nitrogen and oxygen atoms in total. The Morgan fingerprint density at radius 3 is 2.22 bits per heavy atom. The molecule has 2 aromatic heterocycles. The van der Waals surface area contributed by atoms with Crippen LogP contribution in [0.3, 0.4) is 0 Å². The van der Waals surface area contributed by atoms with Crippen LogP contribution in [0.2, 0.25) is 0 Å². The van der Waals surface area contributed by atoms with Gasteiger partial charge >= 0.3 is 0 Å². The molecule has 2 aliphatic carbocycles. The Morgan fingerprint density at radius 1 is 0.677 bits per heavy atom. The maximum Gasteiger partial charge on any atom is 0.135 e. The van der Waals surface area contributed by atoms with E-state index in [1.54, 1.807) is 0 Å². The summed E-state index contributed by atoms with van der Waals surface area (Å²) in [6, 6.07) is 58.5. The molecular weight excluding hydrogens is 789 g/mol. The number of rotatable bonds is 8. The fraction of sp³-hybridized carbons (Fsp3) is 0.210. The van der Waals surface area contributed by atoms with E-state index in [9.17, 15) is 0 Å². The van der Waals surface area contributed by atoms with Gasteiger partial charge in [-0.15, -0.1) is 0 Å². The summed E-state index contributed by atoms with van der Waals surface area (Å²) >= 11 is 0. The molecule has 6 atom stereocenters. The molecule has 65 heavy (non-hydrogen) atoms. The molecular formula is C62H54N2O. The van der Waals surface area contributed by atoms with Gasteiger partial charge in [0.05, 0.1) is 28.1 Å². The van der Waals surface area contributed by atoms with Crippen molar-refractivity contribution in [1.82, 2.24) is 4.57 Å². The van der Waals surface area contributed by atoms with Crippen molar-refractivity contribution in [2.75, 3.05) is 0 Å². The van der Waals surface area contributed by atoms with Gasteiger partial charge < -0.3 is 8.98 Å². The molecule has 9 aromatic rings. The number of fused-ring (bicyclic) bond motifs is 12. The molecule has 6 unspecified atom stereocenters. The smallest absolute Gasteiger partial charge is 0.135 e. The van der Waals surface area contributed by atoms with Gasteiger partial charge in [-0.1, -0.05) is 185 Å². The van der Waals surface area contributed by atoms with Gasteiger partial charge in [-0.05, 0) is 101 Å². The fourth-order valence-electron chi connectivity index (χ4n) is 12.3. The molecule has 0 saturated heterocycles. The predicted octanol–water partition coefficient (Wildman–Crippen LogP) is 16.7. The van der Waals surface area contributed by atoms with E-state index < -0.39 is 0 Å². The van der Waals surface area contributed by atoms with E-state index in [-0.39, 0.29) is 17.8 Å². The highest BCUT2D eigenvalue weighted by Crippen LogP contribution is 2.54. The van der Waals surface area contributed by atoms with Crippen molar-refractivity contribution in [2.24, 2.45) is 16.8 Å². The first-order chi connectivity index (χ1) is 32.0. The summed E-state index contributed by atoms with van der Waals surface area (Å²) in [6.07, 6.45) is 12.4. The Balaban J connectivity index is 1.10. The van der Waals surface area contributed by atoms with E-state index in [0.29, 0.717) is 17.8 Å². The molecule has 0 radical (unpaired) electrons. The topological polar surface area (TPSA) is 30.4 Å². The van der Waals surface area contributed by atoms with Crippen molar-refractivity contribution in [1.29, 1.82) is 0 Å². The van der Waals surface area contributed by atoms with Crippen LogP contribution in [0, 0.1) is 11.8 Å². The number of aromatic nitrogens is 1. The minimum Gasteiger partial charge on any atom is -0.456 e. The second-order valence-corrected chi connectivity index (χ2v) is 18.7. The van der Waals surface area contributed by atoms with Crippen LogP contribution >= 0.6 is 0 Å². The zero-order valence-electron chi connectivity index (χ0n) is 37.7. The van der Waals surface area contributed by atoms with Gasteiger partial charge in [-0.3, -0.25) is 4.99 Å². The van der Waals surface area contributed by atoms with Crippen LogP contribution < -0.4 is 0 Å². The number of para-hydroxylation sites is 3. The summed E-state index contributed by atoms with van der Waals surface area (Å²) in [5.74, 6) is 1.74. The SMILES string of the molecule is CCC1=C(/N=C(/c2ccccc2)C(CC)C(C)c2ccc3oc4ccccc4c3c2)c2ccccc2-n2c3c1cccc3c1ccc3c(c12)C(C)C(c1ccccc1)CC1C=CC=CC31. The van der Waals surface area contributed by atoms with Crippen LogP contribution in [-0.4, -0.2) is 10.3 Å². The van der Waals surface area contributed by atoms with Gasteiger partial charge in [0, 0.05) is 44.5 Å². The first-order valence-corrected chi connectivity index (χ1v) is 23.9. The summed E-state index contributed by atoms with van der Waals surface area (Å²) in [7, 11) is 0. The standard InChI is InChI=1S/C62H54N2O/c1-5-44(38(3)42-32-35-57-54(36-42)47-26-16-18-31-56(47)65-57)59(41-22-11-8-12-23-41)63-60-45(6-2)49-28-19-29-50-51-34-33-48-46-25-14-13-24-43(46)37-53(40-20-9-7-10-21-40)39(4)58(48)62(51)64(61(49)50)55-30-17-15-27-52(55)60/h7-36,38-39,43-44,46,53H,5-6,37H2,1-4H3/b63-59-. The molecule has 318 valence electrons. The van der Waals surface area contributed by atoms with Gasteiger partial charge in [0.15, 0.2) is 0 Å². The van der Waals surface area contributed by atoms with E-state index in [4.69, 9.17) is 9.41 Å². The van der Waals surface area contributed by atoms with E-state index in [2.05, 4.69) is 208 Å². The molecule has 12 rings (SSSR count). The van der Waals surface area contributed by atoms with Gasteiger partial charge in [-0.25, -0.2) is 0 Å². The molecule has 0 bridgehead atoms. The molecule has 0 saturated carbocycles. The minimum atomic E-state index is 0.140. The molecule has 7 aromatic carbocycles. The molecule has 0 fully saturated rings. The van der Waals surface area contributed by atoms with Crippen LogP contribution in [0.1, 0.15) is 110 Å². The number of hydrogen-bond acceptors (Lipinski definition) is 2. The lowest BCUT2D eigenvalue weighted by Gasteiger charge is -2.27. The highest BCUT2D eigenvalue weighted by molar-refractivity contribution is 6.18. The Bertz CT molecular complexity index is 3430. The van der Waals surface area contributed by atoms with Gasteiger partial charge in [0.2, 0.25) is 0 Å². The van der Waals surface area contributed by atoms with Crippen LogP contribution in [0.4, 0.5) is 0 Å². The highest BCUT2D eigenvalue weighted by Gasteiger charge is 2.38. The third-order valence-corrected chi connectivity index (χ3v) is 15.4. The molecule has 1 aliphatic heterocycles. The van der Waals surface area contributed by atoms with E-state index in [0.717, 1.165) is 47.2 Å². The third-order valence-electron chi connectivity index (χ3n) is 15.4. The second-order valence-electron chi connectivity index (χ2n) is 18.7. The Hall–Kier alpha value is -6.97. The summed E-state index contributed by atoms with van der Waals surface area (Å²) in [5.41, 5.74) is 18.5. The number of hydrogen-bond donors (Lipinski definition) is 0. The van der Waals surface area contributed by atoms with Gasteiger partial charge in [-0.2, -0.15) is 0 Å². The molecule has 0 N–H and O–H groups in total. The monoisotopic (exact) mass is 842 g/mol. The van der Waals surface area contributed by atoms with Crippen molar-refractivity contribution >= 4 is 60.7 Å². The third kappa shape index (κ3) is 6.27. The number of furan rings is 1. The lowest BCUT2D eigenvalue weighted by Crippen LogP contribution is -2.22. The Kier molecular flexibility index (Phi) is 9.70. The Morgan fingerprint density at radius 2 is 1.38 bits per heavy atom. The Labute approximate surface area is 382 Å². The van der Waals surface area contributed by atoms with Crippen molar-refractivity contribution in [2.45, 2.75) is 70.6 Å². The average molecular weight is 843 g/mol. The zero-order valence-corrected chi connectivity index (χ0v) is 37.7. The first kappa shape index (κ1) is 39.6. The van der Waals surface area contributed by atoms with E-state index in [1.807, 2.05) is 6.07 Å². The second kappa shape index (κ2) is 15.9. The van der Waals surface area contributed by atoms with Crippen LogP contribution in [0.15, 0.2) is 191 Å². The van der Waals surface area contributed by atoms with Crippen molar-refractivity contribution in [3.8, 4) is 5.69 Å². The summed E-state index contributed by atoms with van der Waals surface area (Å²) in [6.45, 7) is 9.55. The minimum absolute atomic E-state index is 0.140. The summed E-state index contributed by atoms with van der Waals surface area (Å²) < 4.78 is 8.95. The van der Waals surface area contributed by atoms with Crippen molar-refractivity contribution in [3.05, 3.63) is 221 Å². The normalized spacial score (nSPS) is 20.2. The number of nitrogens with zero attached hydrogens (tertiary/aromatic N) is 2. The summed E-state index contributed by atoms with van der Waals surface area (Å²) in [5, 5.41) is 4.97. The van der Waals surface area contributed by atoms with Gasteiger partial charge in [0.25, 0.3) is 0 Å². The van der Waals surface area contributed by atoms with Crippen LogP contribution in [-0.2, 0) is 0 Å². The molecule has 3 heteroatoms. The predicted molar refractivity (Wildman–Crippen MR) is 274 cm³/mol.